The second-order valence-corrected chi connectivity index (χ2v) is 4.12. The average molecular weight is 259 g/mol. The predicted octanol–water partition coefficient (Wildman–Crippen LogP) is 2.39. The molecule has 0 saturated heterocycles. The first-order valence-electron chi connectivity index (χ1n) is 5.75. The van der Waals surface area contributed by atoms with Crippen LogP contribution in [0, 0.1) is 18.2 Å². The number of nitrogens with zero attached hydrogens (tertiary/aromatic N) is 1. The van der Waals surface area contributed by atoms with Gasteiger partial charge < -0.3 is 10.5 Å². The van der Waals surface area contributed by atoms with Crippen LogP contribution >= 0.6 is 0 Å². The summed E-state index contributed by atoms with van der Waals surface area (Å²) in [6.45, 7) is 2.00. The number of pyridine rings is 1. The number of benzene rings is 1. The van der Waals surface area contributed by atoms with Crippen LogP contribution in [0.15, 0.2) is 36.5 Å². The third-order valence-electron chi connectivity index (χ3n) is 2.67. The molecule has 0 spiro atoms. The molecule has 4 nitrogen and oxygen atoms in total. The number of hydrogen-bond acceptors (Lipinski definition) is 3. The largest absolute Gasteiger partial charge is 0.489 e. The highest BCUT2D eigenvalue weighted by Crippen LogP contribution is 2.20. The van der Waals surface area contributed by atoms with Crippen LogP contribution in [0.5, 0.6) is 5.75 Å². The Kier molecular flexibility index (Phi) is 3.75. The zero-order valence-electron chi connectivity index (χ0n) is 10.5. The Morgan fingerprint density at radius 3 is 2.89 bits per heavy atom. The summed E-state index contributed by atoms with van der Waals surface area (Å²) in [4.78, 5) is 4.04. The number of nitrogens with two attached hydrogens (primary N) is 1. The van der Waals surface area contributed by atoms with Crippen LogP contribution in [0.4, 0.5) is 4.39 Å². The molecular formula is C14H14FN3O. The fourth-order valence-electron chi connectivity index (χ4n) is 1.73. The zero-order valence-corrected chi connectivity index (χ0v) is 10.5. The standard InChI is InChI=1S/C14H14FN3O/c1-9-7-11(15)4-5-12(9)19-8-10-3-2-6-18-13(10)14(16)17/h2-7H,8H2,1H3,(H3,16,17). The van der Waals surface area contributed by atoms with Gasteiger partial charge in [-0.25, -0.2) is 4.39 Å². The molecule has 3 N–H and O–H groups in total. The van der Waals surface area contributed by atoms with Gasteiger partial charge in [-0.2, -0.15) is 0 Å². The summed E-state index contributed by atoms with van der Waals surface area (Å²) in [5.74, 6) is 0.199. The molecule has 0 saturated carbocycles. The van der Waals surface area contributed by atoms with Gasteiger partial charge in [0.25, 0.3) is 0 Å². The number of nitrogens with one attached hydrogen (secondary N) is 1. The normalized spacial score (nSPS) is 10.2. The third kappa shape index (κ3) is 3.07. The van der Waals surface area contributed by atoms with E-state index in [4.69, 9.17) is 15.9 Å². The first kappa shape index (κ1) is 13.0. The first-order chi connectivity index (χ1) is 9.08. The van der Waals surface area contributed by atoms with Crippen molar-refractivity contribution in [2.45, 2.75) is 13.5 Å². The van der Waals surface area contributed by atoms with Crippen LogP contribution in [-0.4, -0.2) is 10.8 Å². The van der Waals surface area contributed by atoms with Crippen molar-refractivity contribution in [1.82, 2.24) is 4.98 Å². The molecule has 98 valence electrons. The maximum Gasteiger partial charge on any atom is 0.142 e. The van der Waals surface area contributed by atoms with E-state index in [9.17, 15) is 4.39 Å². The molecule has 0 unspecified atom stereocenters. The van der Waals surface area contributed by atoms with E-state index in [1.807, 2.05) is 0 Å². The van der Waals surface area contributed by atoms with Crippen LogP contribution in [-0.2, 0) is 6.61 Å². The summed E-state index contributed by atoms with van der Waals surface area (Å²) < 4.78 is 18.6. The number of aryl methyl sites for hydroxylation is 1. The van der Waals surface area contributed by atoms with E-state index in [-0.39, 0.29) is 18.3 Å². The lowest BCUT2D eigenvalue weighted by Crippen LogP contribution is -2.16. The zero-order chi connectivity index (χ0) is 13.8. The van der Waals surface area contributed by atoms with Crippen molar-refractivity contribution >= 4 is 5.84 Å². The molecule has 0 bridgehead atoms. The number of rotatable bonds is 4. The Hall–Kier alpha value is -2.43. The molecule has 1 heterocycles. The third-order valence-corrected chi connectivity index (χ3v) is 2.67. The molecule has 0 atom stereocenters. The number of aromatic nitrogens is 1. The molecule has 0 amide bonds. The number of halogens is 1. The Balaban J connectivity index is 2.17. The lowest BCUT2D eigenvalue weighted by Gasteiger charge is -2.11. The van der Waals surface area contributed by atoms with Gasteiger partial charge in [0.15, 0.2) is 0 Å². The monoisotopic (exact) mass is 259 g/mol. The van der Waals surface area contributed by atoms with E-state index in [1.165, 1.54) is 12.1 Å². The van der Waals surface area contributed by atoms with Crippen molar-refractivity contribution in [1.29, 1.82) is 5.41 Å². The van der Waals surface area contributed by atoms with Crippen molar-refractivity contribution < 1.29 is 9.13 Å². The topological polar surface area (TPSA) is 72.0 Å². The smallest absolute Gasteiger partial charge is 0.142 e. The number of amidine groups is 1. The van der Waals surface area contributed by atoms with Crippen LogP contribution in [0.3, 0.4) is 0 Å². The van der Waals surface area contributed by atoms with E-state index >= 15 is 0 Å². The van der Waals surface area contributed by atoms with Gasteiger partial charge in [0, 0.05) is 11.8 Å². The molecule has 1 aromatic heterocycles. The van der Waals surface area contributed by atoms with Crippen molar-refractivity contribution in [2.75, 3.05) is 0 Å². The molecule has 0 radical (unpaired) electrons. The number of ether oxygens (including phenoxy) is 1. The second kappa shape index (κ2) is 5.48. The summed E-state index contributed by atoms with van der Waals surface area (Å²) >= 11 is 0. The summed E-state index contributed by atoms with van der Waals surface area (Å²) in [6, 6.07) is 7.88. The summed E-state index contributed by atoms with van der Waals surface area (Å²) in [6.07, 6.45) is 1.57. The molecule has 1 aromatic carbocycles. The molecule has 2 rings (SSSR count). The molecule has 2 aromatic rings. The van der Waals surface area contributed by atoms with E-state index in [1.54, 1.807) is 31.3 Å². The summed E-state index contributed by atoms with van der Waals surface area (Å²) in [5, 5.41) is 7.44. The van der Waals surface area contributed by atoms with Gasteiger partial charge in [0.2, 0.25) is 0 Å². The van der Waals surface area contributed by atoms with Crippen molar-refractivity contribution in [2.24, 2.45) is 5.73 Å². The maximum absolute atomic E-state index is 13.0. The molecule has 0 aliphatic rings. The minimum atomic E-state index is -0.296. The Bertz CT molecular complexity index is 613. The highest BCUT2D eigenvalue weighted by atomic mass is 19.1. The lowest BCUT2D eigenvalue weighted by molar-refractivity contribution is 0.303. The van der Waals surface area contributed by atoms with Crippen molar-refractivity contribution in [3.8, 4) is 5.75 Å². The Morgan fingerprint density at radius 1 is 1.42 bits per heavy atom. The van der Waals surface area contributed by atoms with Gasteiger partial charge >= 0.3 is 0 Å². The Morgan fingerprint density at radius 2 is 2.21 bits per heavy atom. The van der Waals surface area contributed by atoms with Crippen LogP contribution in [0.2, 0.25) is 0 Å². The Labute approximate surface area is 110 Å². The molecule has 5 heteroatoms. The van der Waals surface area contributed by atoms with Crippen LogP contribution < -0.4 is 10.5 Å². The highest BCUT2D eigenvalue weighted by molar-refractivity contribution is 5.94. The average Bonchev–Trinajstić information content (AvgIpc) is 2.38. The second-order valence-electron chi connectivity index (χ2n) is 4.12. The molecule has 0 aliphatic heterocycles. The summed E-state index contributed by atoms with van der Waals surface area (Å²) in [7, 11) is 0. The van der Waals surface area contributed by atoms with Gasteiger partial charge in [-0.3, -0.25) is 10.4 Å². The van der Waals surface area contributed by atoms with Crippen molar-refractivity contribution in [3.05, 3.63) is 59.2 Å². The predicted molar refractivity (Wildman–Crippen MR) is 70.7 cm³/mol. The molecule has 0 fully saturated rings. The SMILES string of the molecule is Cc1cc(F)ccc1OCc1cccnc1C(=N)N. The number of hydrogen-bond donors (Lipinski definition) is 2. The van der Waals surface area contributed by atoms with E-state index < -0.39 is 0 Å². The quantitative estimate of drug-likeness (QED) is 0.654. The molecular weight excluding hydrogens is 245 g/mol. The van der Waals surface area contributed by atoms with Gasteiger partial charge in [-0.05, 0) is 36.8 Å². The maximum atomic E-state index is 13.0. The molecule has 19 heavy (non-hydrogen) atoms. The van der Waals surface area contributed by atoms with Gasteiger partial charge in [-0.15, -0.1) is 0 Å². The van der Waals surface area contributed by atoms with Crippen LogP contribution in [0.1, 0.15) is 16.8 Å². The number of nitrogen functional groups attached to an aromatic ring is 1. The lowest BCUT2D eigenvalue weighted by atomic mass is 10.2. The van der Waals surface area contributed by atoms with Gasteiger partial charge in [0.1, 0.15) is 29.7 Å². The van der Waals surface area contributed by atoms with Gasteiger partial charge in [-0.1, -0.05) is 6.07 Å². The molecule has 0 aliphatic carbocycles. The summed E-state index contributed by atoms with van der Waals surface area (Å²) in [5.41, 5.74) is 7.29. The van der Waals surface area contributed by atoms with E-state index in [0.717, 1.165) is 5.56 Å². The first-order valence-corrected chi connectivity index (χ1v) is 5.75. The van der Waals surface area contributed by atoms with Crippen molar-refractivity contribution in [3.63, 3.8) is 0 Å². The van der Waals surface area contributed by atoms with Gasteiger partial charge in [0.05, 0.1) is 0 Å². The fourth-order valence-corrected chi connectivity index (χ4v) is 1.73. The highest BCUT2D eigenvalue weighted by Gasteiger charge is 2.08. The van der Waals surface area contributed by atoms with E-state index in [2.05, 4.69) is 4.98 Å². The fraction of sp³-hybridized carbons (Fsp3) is 0.143. The minimum Gasteiger partial charge on any atom is -0.489 e. The minimum absolute atomic E-state index is 0.102. The van der Waals surface area contributed by atoms with Crippen LogP contribution in [0.25, 0.3) is 0 Å². The van der Waals surface area contributed by atoms with E-state index in [0.29, 0.717) is 17.0 Å².